The average Bonchev–Trinajstić information content (AvgIpc) is 3.55. The summed E-state index contributed by atoms with van der Waals surface area (Å²) in [6.07, 6.45) is 2.74. The van der Waals surface area contributed by atoms with E-state index in [1.807, 2.05) is 17.0 Å². The van der Waals surface area contributed by atoms with E-state index in [1.54, 1.807) is 24.3 Å². The largest absolute Gasteiger partial charge is 0.495 e. The number of methoxy groups -OCH3 is 2. The van der Waals surface area contributed by atoms with E-state index in [0.717, 1.165) is 35.3 Å². The number of carbonyl (C=O) groups is 1. The predicted molar refractivity (Wildman–Crippen MR) is 129 cm³/mol. The van der Waals surface area contributed by atoms with Crippen molar-refractivity contribution in [3.8, 4) is 39.1 Å². The van der Waals surface area contributed by atoms with Gasteiger partial charge in [-0.2, -0.15) is 5.26 Å². The number of nitrogens with two attached hydrogens (primary N) is 1. The minimum Gasteiger partial charge on any atom is -0.495 e. The second kappa shape index (κ2) is 8.75. The quantitative estimate of drug-likeness (QED) is 0.570. The third-order valence-electron chi connectivity index (χ3n) is 6.81. The first-order valence-corrected chi connectivity index (χ1v) is 11.9. The summed E-state index contributed by atoms with van der Waals surface area (Å²) in [6.45, 7) is 0. The van der Waals surface area contributed by atoms with Crippen LogP contribution in [0, 0.1) is 17.1 Å². The lowest BCUT2D eigenvalue weighted by Gasteiger charge is -2.22. The summed E-state index contributed by atoms with van der Waals surface area (Å²) in [5, 5.41) is 9.36. The zero-order valence-electron chi connectivity index (χ0n) is 18.9. The standard InChI is InChI=1S/C26H24FN3O3S/c1-32-22-8-5-15(9-19(22)27)25-18(14-3-4-16(13-28)23(10-14)33-2)12-24(34-25)26(31)30-17-6-7-21(30)20(29)11-17/h3-5,8-10,12,17,20-21H,6-7,11,29H2,1-2H3/t17-,20+,21+/m1/s1. The van der Waals surface area contributed by atoms with Crippen molar-refractivity contribution in [3.05, 3.63) is 58.7 Å². The number of hydrogen-bond donors (Lipinski definition) is 1. The lowest BCUT2D eigenvalue weighted by atomic mass is 9.97. The van der Waals surface area contributed by atoms with Crippen LogP contribution in [0.5, 0.6) is 11.5 Å². The van der Waals surface area contributed by atoms with Gasteiger partial charge in [0.15, 0.2) is 11.6 Å². The first kappa shape index (κ1) is 22.4. The van der Waals surface area contributed by atoms with Crippen LogP contribution in [0.3, 0.4) is 0 Å². The number of carbonyl (C=O) groups excluding carboxylic acids is 1. The first-order chi connectivity index (χ1) is 16.4. The normalized spacial score (nSPS) is 20.9. The van der Waals surface area contributed by atoms with Gasteiger partial charge in [-0.15, -0.1) is 11.3 Å². The topological polar surface area (TPSA) is 88.6 Å². The Balaban J connectivity index is 1.63. The van der Waals surface area contributed by atoms with Crippen LogP contribution in [-0.2, 0) is 0 Å². The summed E-state index contributed by atoms with van der Waals surface area (Å²) < 4.78 is 25.0. The molecule has 0 saturated carbocycles. The zero-order valence-corrected chi connectivity index (χ0v) is 19.7. The third kappa shape index (κ3) is 3.61. The number of thiophene rings is 1. The molecule has 2 fully saturated rings. The molecular weight excluding hydrogens is 453 g/mol. The summed E-state index contributed by atoms with van der Waals surface area (Å²) in [5.74, 6) is 0.0797. The highest BCUT2D eigenvalue weighted by Crippen LogP contribution is 2.44. The molecule has 5 rings (SSSR count). The second-order valence-corrected chi connectivity index (χ2v) is 9.69. The summed E-state index contributed by atoms with van der Waals surface area (Å²) in [7, 11) is 2.93. The van der Waals surface area contributed by atoms with Crippen LogP contribution in [0.2, 0.25) is 0 Å². The number of ether oxygens (including phenoxy) is 2. The van der Waals surface area contributed by atoms with E-state index >= 15 is 0 Å². The fourth-order valence-corrected chi connectivity index (χ4v) is 6.28. The van der Waals surface area contributed by atoms with E-state index in [4.69, 9.17) is 15.2 Å². The molecule has 0 aliphatic carbocycles. The monoisotopic (exact) mass is 477 g/mol. The molecule has 2 aliphatic rings. The molecule has 0 unspecified atom stereocenters. The van der Waals surface area contributed by atoms with Gasteiger partial charge in [0.05, 0.1) is 24.7 Å². The molecule has 34 heavy (non-hydrogen) atoms. The molecule has 3 heterocycles. The maximum atomic E-state index is 14.6. The molecule has 2 N–H and O–H groups in total. The summed E-state index contributed by atoms with van der Waals surface area (Å²) in [4.78, 5) is 16.9. The van der Waals surface area contributed by atoms with Crippen LogP contribution >= 0.6 is 11.3 Å². The maximum Gasteiger partial charge on any atom is 0.264 e. The van der Waals surface area contributed by atoms with E-state index in [-0.39, 0.29) is 29.8 Å². The minimum absolute atomic E-state index is 0.0140. The first-order valence-electron chi connectivity index (χ1n) is 11.1. The molecule has 174 valence electrons. The molecule has 0 radical (unpaired) electrons. The SMILES string of the molecule is COc1ccc(-c2sc(C(=O)N3[C@@H]4CC[C@H]3[C@@H](N)C4)cc2-c2ccc(C#N)c(OC)c2)cc1F. The molecule has 1 amide bonds. The molecule has 3 atom stereocenters. The molecule has 0 spiro atoms. The van der Waals surface area contributed by atoms with Crippen LogP contribution in [0.25, 0.3) is 21.6 Å². The van der Waals surface area contributed by atoms with Gasteiger partial charge in [0.2, 0.25) is 0 Å². The number of benzene rings is 2. The maximum absolute atomic E-state index is 14.6. The predicted octanol–water partition coefficient (Wildman–Crippen LogP) is 4.81. The van der Waals surface area contributed by atoms with Gasteiger partial charge in [0.25, 0.3) is 5.91 Å². The lowest BCUT2D eigenvalue weighted by molar-refractivity contribution is 0.0731. The van der Waals surface area contributed by atoms with E-state index in [2.05, 4.69) is 6.07 Å². The number of amides is 1. The van der Waals surface area contributed by atoms with Crippen molar-refractivity contribution in [2.24, 2.45) is 5.73 Å². The highest BCUT2D eigenvalue weighted by atomic mass is 32.1. The van der Waals surface area contributed by atoms with Crippen LogP contribution in [0.4, 0.5) is 4.39 Å². The fraction of sp³-hybridized carbons (Fsp3) is 0.308. The van der Waals surface area contributed by atoms with Gasteiger partial charge in [-0.1, -0.05) is 6.07 Å². The minimum atomic E-state index is -0.479. The molecule has 6 nitrogen and oxygen atoms in total. The van der Waals surface area contributed by atoms with Crippen molar-refractivity contribution in [2.75, 3.05) is 14.2 Å². The second-order valence-electron chi connectivity index (χ2n) is 8.64. The third-order valence-corrected chi connectivity index (χ3v) is 7.98. The molecule has 2 bridgehead atoms. The smallest absolute Gasteiger partial charge is 0.264 e. The Morgan fingerprint density at radius 1 is 1.12 bits per heavy atom. The Morgan fingerprint density at radius 2 is 1.88 bits per heavy atom. The number of nitrogens with zero attached hydrogens (tertiary/aromatic N) is 2. The summed E-state index contributed by atoms with van der Waals surface area (Å²) in [6, 6.07) is 14.3. The van der Waals surface area contributed by atoms with Crippen molar-refractivity contribution in [3.63, 3.8) is 0 Å². The van der Waals surface area contributed by atoms with E-state index in [1.165, 1.54) is 31.6 Å². The Morgan fingerprint density at radius 3 is 2.50 bits per heavy atom. The van der Waals surface area contributed by atoms with E-state index in [0.29, 0.717) is 21.8 Å². The van der Waals surface area contributed by atoms with Gasteiger partial charge in [0, 0.05) is 28.6 Å². The molecule has 8 heteroatoms. The van der Waals surface area contributed by atoms with Gasteiger partial charge in [-0.3, -0.25) is 4.79 Å². The van der Waals surface area contributed by atoms with Crippen molar-refractivity contribution in [1.29, 1.82) is 5.26 Å². The Kier molecular flexibility index (Phi) is 5.76. The number of fused-ring (bicyclic) bond motifs is 2. The van der Waals surface area contributed by atoms with Gasteiger partial charge < -0.3 is 20.1 Å². The number of rotatable bonds is 5. The molecule has 3 aromatic rings. The van der Waals surface area contributed by atoms with Crippen LogP contribution < -0.4 is 15.2 Å². The molecule has 1 aromatic heterocycles. The number of nitriles is 1. The Labute approximate surface area is 201 Å². The highest BCUT2D eigenvalue weighted by molar-refractivity contribution is 7.18. The molecule has 2 aromatic carbocycles. The number of halogens is 1. The van der Waals surface area contributed by atoms with Crippen molar-refractivity contribution >= 4 is 17.2 Å². The van der Waals surface area contributed by atoms with Crippen molar-refractivity contribution in [2.45, 2.75) is 37.4 Å². The molecular formula is C26H24FN3O3S. The summed E-state index contributed by atoms with van der Waals surface area (Å²) >= 11 is 1.34. The number of hydrogen-bond acceptors (Lipinski definition) is 6. The zero-order chi connectivity index (χ0) is 24.0. The fourth-order valence-electron chi connectivity index (χ4n) is 5.16. The summed E-state index contributed by atoms with van der Waals surface area (Å²) in [5.41, 5.74) is 8.87. The van der Waals surface area contributed by atoms with Gasteiger partial charge in [-0.05, 0) is 66.8 Å². The van der Waals surface area contributed by atoms with E-state index in [9.17, 15) is 14.4 Å². The van der Waals surface area contributed by atoms with E-state index < -0.39 is 5.82 Å². The molecule has 2 aliphatic heterocycles. The highest BCUT2D eigenvalue weighted by Gasteiger charge is 2.47. The average molecular weight is 478 g/mol. The van der Waals surface area contributed by atoms with Crippen LogP contribution in [0.1, 0.15) is 34.5 Å². The Hall–Kier alpha value is -3.41. The van der Waals surface area contributed by atoms with Crippen molar-refractivity contribution < 1.29 is 18.7 Å². The lowest BCUT2D eigenvalue weighted by Crippen LogP contribution is -2.40. The van der Waals surface area contributed by atoms with Gasteiger partial charge in [0.1, 0.15) is 11.8 Å². The van der Waals surface area contributed by atoms with Crippen LogP contribution in [-0.4, -0.2) is 43.2 Å². The Bertz CT molecular complexity index is 1320. The van der Waals surface area contributed by atoms with Crippen LogP contribution in [0.15, 0.2) is 42.5 Å². The molecule has 2 saturated heterocycles. The van der Waals surface area contributed by atoms with Gasteiger partial charge >= 0.3 is 0 Å². The van der Waals surface area contributed by atoms with Gasteiger partial charge in [-0.25, -0.2) is 4.39 Å². The van der Waals surface area contributed by atoms with Crippen molar-refractivity contribution in [1.82, 2.24) is 4.90 Å².